The predicted molar refractivity (Wildman–Crippen MR) is 113 cm³/mol. The molecule has 3 heterocycles. The Kier molecular flexibility index (Phi) is 5.27. The zero-order valence-corrected chi connectivity index (χ0v) is 16.5. The maximum Gasteiger partial charge on any atom is 0.274 e. The van der Waals surface area contributed by atoms with Crippen LogP contribution in [0.4, 0.5) is 5.82 Å². The first-order valence-electron chi connectivity index (χ1n) is 9.31. The van der Waals surface area contributed by atoms with Gasteiger partial charge in [-0.25, -0.2) is 4.98 Å². The zero-order chi connectivity index (χ0) is 20.4. The Morgan fingerprint density at radius 2 is 1.93 bits per heavy atom. The highest BCUT2D eigenvalue weighted by Gasteiger charge is 2.31. The van der Waals surface area contributed by atoms with E-state index < -0.39 is 16.7 Å². The third kappa shape index (κ3) is 3.84. The van der Waals surface area contributed by atoms with Crippen LogP contribution in [0.25, 0.3) is 10.9 Å². The number of hydrogen-bond donors (Lipinski definition) is 4. The number of fused-ring (bicyclic) bond motifs is 1. The lowest BCUT2D eigenvalue weighted by molar-refractivity contribution is 0.0943. The normalized spacial score (nSPS) is 17.1. The fraction of sp³-hybridized carbons (Fsp3) is 0.250. The maximum absolute atomic E-state index is 12.8. The molecule has 2 aromatic heterocycles. The number of hydrogen-bond acceptors (Lipinski definition) is 7. The topological polar surface area (TPSA) is 119 Å². The summed E-state index contributed by atoms with van der Waals surface area (Å²) in [5.74, 6) is -0.403. The Labute approximate surface area is 169 Å². The minimum absolute atomic E-state index is 0.192. The third-order valence-electron chi connectivity index (χ3n) is 4.84. The van der Waals surface area contributed by atoms with Crippen molar-refractivity contribution in [2.45, 2.75) is 19.4 Å². The average molecular weight is 414 g/mol. The molecule has 3 aromatic rings. The van der Waals surface area contributed by atoms with Crippen molar-refractivity contribution in [1.29, 1.82) is 0 Å². The summed E-state index contributed by atoms with van der Waals surface area (Å²) in [7, 11) is -3.05. The van der Waals surface area contributed by atoms with E-state index in [1.165, 1.54) is 10.5 Å². The van der Waals surface area contributed by atoms with Crippen LogP contribution in [-0.2, 0) is 6.54 Å². The van der Waals surface area contributed by atoms with E-state index >= 15 is 0 Å². The van der Waals surface area contributed by atoms with Crippen molar-refractivity contribution in [2.75, 3.05) is 16.6 Å². The summed E-state index contributed by atoms with van der Waals surface area (Å²) in [6, 6.07) is 12.8. The van der Waals surface area contributed by atoms with E-state index in [0.29, 0.717) is 18.4 Å². The average Bonchev–Trinajstić information content (AvgIpc) is 2.73. The lowest BCUT2D eigenvalue weighted by Crippen LogP contribution is -2.35. The van der Waals surface area contributed by atoms with Crippen molar-refractivity contribution < 1.29 is 19.0 Å². The van der Waals surface area contributed by atoms with Crippen LogP contribution in [0.15, 0.2) is 48.7 Å². The molecular formula is C20H22N4O4S. The van der Waals surface area contributed by atoms with Crippen molar-refractivity contribution in [3.05, 3.63) is 59.9 Å². The summed E-state index contributed by atoms with van der Waals surface area (Å²) in [5, 5.41) is 13.9. The molecule has 0 unspecified atom stereocenters. The van der Waals surface area contributed by atoms with E-state index in [4.69, 9.17) is 0 Å². The highest BCUT2D eigenvalue weighted by Crippen LogP contribution is 2.51. The summed E-state index contributed by atoms with van der Waals surface area (Å²) < 4.78 is 22.5. The van der Waals surface area contributed by atoms with Gasteiger partial charge in [0, 0.05) is 24.7 Å². The molecule has 1 aromatic carbocycles. The van der Waals surface area contributed by atoms with Crippen LogP contribution in [0.2, 0.25) is 0 Å². The number of benzene rings is 1. The number of pyridine rings is 2. The molecule has 1 saturated heterocycles. The minimum Gasteiger partial charge on any atom is -0.504 e. The van der Waals surface area contributed by atoms with Crippen LogP contribution in [0.1, 0.15) is 28.9 Å². The molecule has 152 valence electrons. The van der Waals surface area contributed by atoms with Gasteiger partial charge in [-0.3, -0.25) is 23.2 Å². The molecular weight excluding hydrogens is 392 g/mol. The molecule has 9 heteroatoms. The molecule has 0 radical (unpaired) electrons. The number of rotatable bonds is 4. The fourth-order valence-corrected chi connectivity index (χ4v) is 5.02. The van der Waals surface area contributed by atoms with Crippen molar-refractivity contribution in [2.24, 2.45) is 0 Å². The van der Waals surface area contributed by atoms with E-state index in [0.717, 1.165) is 12.0 Å². The Balaban J connectivity index is 1.74. The highest BCUT2D eigenvalue weighted by atomic mass is 32.3. The van der Waals surface area contributed by atoms with Gasteiger partial charge in [-0.1, -0.05) is 30.3 Å². The quantitative estimate of drug-likeness (QED) is 0.516. The van der Waals surface area contributed by atoms with Crippen LogP contribution in [0.5, 0.6) is 5.75 Å². The first-order chi connectivity index (χ1) is 14.0. The minimum atomic E-state index is -3.05. The molecule has 0 bridgehead atoms. The van der Waals surface area contributed by atoms with Gasteiger partial charge in [0.15, 0.2) is 17.3 Å². The number of aromatic hydroxyl groups is 1. The number of nitrogens with one attached hydrogen (secondary N) is 1. The second-order valence-corrected chi connectivity index (χ2v) is 8.96. The standard InChI is InChI=1S/C20H22N4O4S/c25-18-16-15(9-6-10-21-16)19(24-11-4-5-12-29(24,27)28)23-17(18)20(26)22-13-14-7-2-1-3-8-14/h1-3,6-10,25,27-28H,4-5,11-13H2,(H,22,26). The predicted octanol–water partition coefficient (Wildman–Crippen LogP) is 3.53. The Morgan fingerprint density at radius 1 is 1.14 bits per heavy atom. The molecule has 1 amide bonds. The Bertz CT molecular complexity index is 1050. The molecule has 0 saturated carbocycles. The zero-order valence-electron chi connectivity index (χ0n) is 15.7. The largest absolute Gasteiger partial charge is 0.504 e. The first kappa shape index (κ1) is 19.4. The van der Waals surface area contributed by atoms with Crippen molar-refractivity contribution in [3.63, 3.8) is 0 Å². The lowest BCUT2D eigenvalue weighted by Gasteiger charge is -2.47. The van der Waals surface area contributed by atoms with Crippen LogP contribution in [0.3, 0.4) is 0 Å². The third-order valence-corrected chi connectivity index (χ3v) is 6.74. The van der Waals surface area contributed by atoms with Crippen LogP contribution < -0.4 is 9.62 Å². The van der Waals surface area contributed by atoms with E-state index in [2.05, 4.69) is 15.3 Å². The Hall–Kier alpha value is -2.88. The number of carbonyl (C=O) groups is 1. The molecule has 29 heavy (non-hydrogen) atoms. The van der Waals surface area contributed by atoms with Gasteiger partial charge >= 0.3 is 0 Å². The molecule has 0 atom stereocenters. The second-order valence-electron chi connectivity index (χ2n) is 6.85. The molecule has 4 rings (SSSR count). The van der Waals surface area contributed by atoms with Crippen LogP contribution in [0, 0.1) is 0 Å². The van der Waals surface area contributed by atoms with Gasteiger partial charge in [0.1, 0.15) is 5.52 Å². The number of carbonyl (C=O) groups excluding carboxylic acids is 1. The van der Waals surface area contributed by atoms with Gasteiger partial charge in [-0.2, -0.15) is 0 Å². The molecule has 0 spiro atoms. The van der Waals surface area contributed by atoms with E-state index in [1.54, 1.807) is 12.1 Å². The van der Waals surface area contributed by atoms with Crippen molar-refractivity contribution >= 4 is 33.4 Å². The summed E-state index contributed by atoms with van der Waals surface area (Å²) in [6.45, 7) is 0.671. The molecule has 8 nitrogen and oxygen atoms in total. The fourth-order valence-electron chi connectivity index (χ4n) is 3.37. The van der Waals surface area contributed by atoms with Gasteiger partial charge in [0.05, 0.1) is 5.75 Å². The lowest BCUT2D eigenvalue weighted by atomic mass is 10.1. The van der Waals surface area contributed by atoms with E-state index in [-0.39, 0.29) is 35.1 Å². The van der Waals surface area contributed by atoms with E-state index in [9.17, 15) is 19.0 Å². The number of amides is 1. The van der Waals surface area contributed by atoms with Crippen LogP contribution in [-0.4, -0.2) is 42.4 Å². The van der Waals surface area contributed by atoms with Gasteiger partial charge in [-0.05, 0) is 30.5 Å². The van der Waals surface area contributed by atoms with Crippen LogP contribution >= 0.6 is 10.8 Å². The van der Waals surface area contributed by atoms with Gasteiger partial charge in [0.2, 0.25) is 0 Å². The number of anilines is 1. The smallest absolute Gasteiger partial charge is 0.274 e. The number of aromatic nitrogens is 2. The molecule has 4 N–H and O–H groups in total. The molecule has 1 fully saturated rings. The first-order valence-corrected chi connectivity index (χ1v) is 11.0. The highest BCUT2D eigenvalue weighted by molar-refractivity contribution is 8.25. The second kappa shape index (κ2) is 7.86. The summed E-state index contributed by atoms with van der Waals surface area (Å²) in [4.78, 5) is 21.3. The molecule has 1 aliphatic heterocycles. The van der Waals surface area contributed by atoms with Crippen molar-refractivity contribution in [1.82, 2.24) is 15.3 Å². The monoisotopic (exact) mass is 414 g/mol. The summed E-state index contributed by atoms with van der Waals surface area (Å²) in [6.07, 6.45) is 2.99. The van der Waals surface area contributed by atoms with Gasteiger partial charge in [-0.15, -0.1) is 10.8 Å². The van der Waals surface area contributed by atoms with Crippen molar-refractivity contribution in [3.8, 4) is 5.75 Å². The number of nitrogens with zero attached hydrogens (tertiary/aromatic N) is 3. The van der Waals surface area contributed by atoms with Gasteiger partial charge in [0.25, 0.3) is 5.91 Å². The SMILES string of the molecule is O=C(NCc1ccccc1)c1nc(N2CCCCS2(O)O)c2cccnc2c1O. The summed E-state index contributed by atoms with van der Waals surface area (Å²) in [5.41, 5.74) is 0.913. The molecule has 0 aliphatic carbocycles. The maximum atomic E-state index is 12.8. The molecule has 1 aliphatic rings. The van der Waals surface area contributed by atoms with E-state index in [1.807, 2.05) is 30.3 Å². The summed E-state index contributed by atoms with van der Waals surface area (Å²) >= 11 is 0. The Morgan fingerprint density at radius 3 is 2.69 bits per heavy atom. The van der Waals surface area contributed by atoms with Gasteiger partial charge < -0.3 is 10.4 Å².